The van der Waals surface area contributed by atoms with Gasteiger partial charge in [-0.1, -0.05) is 11.6 Å². The monoisotopic (exact) mass is 378 g/mol. The fourth-order valence-electron chi connectivity index (χ4n) is 2.85. The fraction of sp³-hybridized carbons (Fsp3) is 0.278. The quantitative estimate of drug-likeness (QED) is 0.884. The summed E-state index contributed by atoms with van der Waals surface area (Å²) in [5.74, 6) is 0.106. The average molecular weight is 379 g/mol. The van der Waals surface area contributed by atoms with E-state index in [-0.39, 0.29) is 11.7 Å². The second-order valence-corrected chi connectivity index (χ2v) is 7.83. The van der Waals surface area contributed by atoms with Crippen molar-refractivity contribution in [3.8, 4) is 5.75 Å². The van der Waals surface area contributed by atoms with Crippen molar-refractivity contribution in [2.75, 3.05) is 25.0 Å². The van der Waals surface area contributed by atoms with Gasteiger partial charge in [0, 0.05) is 32.1 Å². The van der Waals surface area contributed by atoms with E-state index >= 15 is 0 Å². The van der Waals surface area contributed by atoms with Crippen LogP contribution in [0, 0.1) is 0 Å². The highest BCUT2D eigenvalue weighted by molar-refractivity contribution is 7.85. The lowest BCUT2D eigenvalue weighted by Gasteiger charge is -2.33. The topological polar surface area (TPSA) is 60.9 Å². The van der Waals surface area contributed by atoms with Crippen molar-refractivity contribution in [2.45, 2.75) is 23.1 Å². The second kappa shape index (κ2) is 7.06. The molecule has 0 saturated carbocycles. The van der Waals surface area contributed by atoms with Gasteiger partial charge in [0.2, 0.25) is 5.91 Å². The predicted molar refractivity (Wildman–Crippen MR) is 99.2 cm³/mol. The lowest BCUT2D eigenvalue weighted by atomic mass is 10.2. The van der Waals surface area contributed by atoms with Crippen LogP contribution in [0.15, 0.2) is 46.2 Å². The maximum Gasteiger partial charge on any atom is 0.219 e. The summed E-state index contributed by atoms with van der Waals surface area (Å²) >= 11 is 6.15. The number of phenols is 1. The normalized spacial score (nSPS) is 15.5. The molecule has 7 heteroatoms. The van der Waals surface area contributed by atoms with Crippen molar-refractivity contribution in [1.82, 2.24) is 4.90 Å². The molecule has 0 aliphatic carbocycles. The molecule has 0 bridgehead atoms. The number of fused-ring (bicyclic) bond motifs is 2. The van der Waals surface area contributed by atoms with E-state index < -0.39 is 10.8 Å². The van der Waals surface area contributed by atoms with Crippen molar-refractivity contribution in [3.05, 3.63) is 41.4 Å². The van der Waals surface area contributed by atoms with Gasteiger partial charge in [0.25, 0.3) is 0 Å². The zero-order valence-corrected chi connectivity index (χ0v) is 15.6. The zero-order chi connectivity index (χ0) is 18.1. The lowest BCUT2D eigenvalue weighted by molar-refractivity contribution is -0.127. The van der Waals surface area contributed by atoms with E-state index in [2.05, 4.69) is 0 Å². The van der Waals surface area contributed by atoms with Gasteiger partial charge in [0.05, 0.1) is 32.0 Å². The van der Waals surface area contributed by atoms with E-state index in [1.54, 1.807) is 42.3 Å². The number of phenolic OH excluding ortho intramolecular Hbond substituents is 1. The van der Waals surface area contributed by atoms with E-state index in [1.807, 2.05) is 4.90 Å². The SMILES string of the molecule is CC(=O)N(C)CCCN1c2cc(Cl)ccc2S(=O)c2cc(O)ccc21. The Hall–Kier alpha value is -2.05. The molecular formula is C18H19ClN2O3S. The Bertz CT molecular complexity index is 856. The number of nitrogens with zero attached hydrogens (tertiary/aromatic N) is 2. The number of carbonyl (C=O) groups excluding carboxylic acids is 1. The first-order valence-corrected chi connectivity index (χ1v) is 9.45. The molecule has 1 heterocycles. The maximum absolute atomic E-state index is 12.9. The van der Waals surface area contributed by atoms with Crippen LogP contribution in [-0.2, 0) is 15.6 Å². The van der Waals surface area contributed by atoms with Crippen LogP contribution in [0.25, 0.3) is 0 Å². The van der Waals surface area contributed by atoms with Crippen molar-refractivity contribution in [3.63, 3.8) is 0 Å². The van der Waals surface area contributed by atoms with Crippen molar-refractivity contribution in [1.29, 1.82) is 0 Å². The van der Waals surface area contributed by atoms with Crippen LogP contribution in [-0.4, -0.2) is 40.3 Å². The maximum atomic E-state index is 12.9. The molecule has 0 aromatic heterocycles. The number of hydrogen-bond donors (Lipinski definition) is 1. The molecule has 0 fully saturated rings. The highest BCUT2D eigenvalue weighted by Crippen LogP contribution is 2.44. The Morgan fingerprint density at radius 1 is 1.20 bits per heavy atom. The highest BCUT2D eigenvalue weighted by atomic mass is 35.5. The summed E-state index contributed by atoms with van der Waals surface area (Å²) in [4.78, 5) is 16.3. The Morgan fingerprint density at radius 3 is 2.68 bits per heavy atom. The molecule has 1 atom stereocenters. The summed E-state index contributed by atoms with van der Waals surface area (Å²) in [6, 6.07) is 10.2. The average Bonchev–Trinajstić information content (AvgIpc) is 2.57. The first-order valence-electron chi connectivity index (χ1n) is 7.92. The third-order valence-electron chi connectivity index (χ3n) is 4.26. The van der Waals surface area contributed by atoms with Crippen LogP contribution >= 0.6 is 11.6 Å². The predicted octanol–water partition coefficient (Wildman–Crippen LogP) is 3.53. The first kappa shape index (κ1) is 17.8. The lowest BCUT2D eigenvalue weighted by Crippen LogP contribution is -2.30. The van der Waals surface area contributed by atoms with Gasteiger partial charge in [-0.05, 0) is 42.8 Å². The van der Waals surface area contributed by atoms with Crippen LogP contribution in [0.4, 0.5) is 11.4 Å². The van der Waals surface area contributed by atoms with Crippen LogP contribution < -0.4 is 4.90 Å². The molecule has 2 aromatic rings. The molecule has 25 heavy (non-hydrogen) atoms. The summed E-state index contributed by atoms with van der Waals surface area (Å²) in [7, 11) is 0.392. The first-order chi connectivity index (χ1) is 11.9. The minimum Gasteiger partial charge on any atom is -0.508 e. The van der Waals surface area contributed by atoms with Gasteiger partial charge < -0.3 is 14.9 Å². The minimum absolute atomic E-state index is 0.0218. The summed E-state index contributed by atoms with van der Waals surface area (Å²) in [5, 5.41) is 10.3. The van der Waals surface area contributed by atoms with Gasteiger partial charge in [-0.3, -0.25) is 4.79 Å². The number of carbonyl (C=O) groups is 1. The molecule has 1 aliphatic rings. The molecule has 0 spiro atoms. The number of benzene rings is 2. The van der Waals surface area contributed by atoms with Crippen LogP contribution in [0.3, 0.4) is 0 Å². The van der Waals surface area contributed by atoms with Crippen molar-refractivity contribution < 1.29 is 14.1 Å². The summed E-state index contributed by atoms with van der Waals surface area (Å²) < 4.78 is 12.9. The summed E-state index contributed by atoms with van der Waals surface area (Å²) in [6.07, 6.45) is 0.745. The number of anilines is 2. The number of hydrogen-bond acceptors (Lipinski definition) is 4. The Kier molecular flexibility index (Phi) is 5.01. The third kappa shape index (κ3) is 3.50. The fourth-order valence-corrected chi connectivity index (χ4v) is 4.40. The van der Waals surface area contributed by atoms with Gasteiger partial charge in [0.1, 0.15) is 5.75 Å². The molecular weight excluding hydrogens is 360 g/mol. The highest BCUT2D eigenvalue weighted by Gasteiger charge is 2.28. The van der Waals surface area contributed by atoms with Crippen LogP contribution in [0.5, 0.6) is 5.75 Å². The molecule has 0 saturated heterocycles. The van der Waals surface area contributed by atoms with E-state index in [1.165, 1.54) is 13.0 Å². The molecule has 3 rings (SSSR count). The summed E-state index contributed by atoms with van der Waals surface area (Å²) in [6.45, 7) is 2.80. The Morgan fingerprint density at radius 2 is 1.96 bits per heavy atom. The molecule has 2 aromatic carbocycles. The molecule has 1 unspecified atom stereocenters. The van der Waals surface area contributed by atoms with Crippen molar-refractivity contribution in [2.24, 2.45) is 0 Å². The Labute approximate surface area is 154 Å². The molecule has 1 amide bonds. The smallest absolute Gasteiger partial charge is 0.219 e. The number of amides is 1. The Balaban J connectivity index is 1.97. The van der Waals surface area contributed by atoms with Gasteiger partial charge in [0.15, 0.2) is 0 Å². The van der Waals surface area contributed by atoms with E-state index in [0.717, 1.165) is 17.8 Å². The number of halogens is 1. The largest absolute Gasteiger partial charge is 0.508 e. The summed E-state index contributed by atoms with van der Waals surface area (Å²) in [5.41, 5.74) is 1.59. The molecule has 1 aliphatic heterocycles. The third-order valence-corrected chi connectivity index (χ3v) is 5.96. The molecule has 5 nitrogen and oxygen atoms in total. The van der Waals surface area contributed by atoms with Crippen LogP contribution in [0.1, 0.15) is 13.3 Å². The van der Waals surface area contributed by atoms with Crippen LogP contribution in [0.2, 0.25) is 5.02 Å². The molecule has 1 N–H and O–H groups in total. The number of aromatic hydroxyl groups is 1. The van der Waals surface area contributed by atoms with E-state index in [4.69, 9.17) is 11.6 Å². The van der Waals surface area contributed by atoms with Gasteiger partial charge in [-0.25, -0.2) is 4.21 Å². The van der Waals surface area contributed by atoms with Gasteiger partial charge in [-0.2, -0.15) is 0 Å². The van der Waals surface area contributed by atoms with E-state index in [0.29, 0.717) is 27.9 Å². The standard InChI is InChI=1S/C18H19ClN2O3S/c1-12(22)20(2)8-3-9-21-15-6-5-14(23)11-18(15)25(24)17-7-4-13(19)10-16(17)21/h4-7,10-11,23H,3,8-9H2,1-2H3. The molecule has 0 radical (unpaired) electrons. The minimum atomic E-state index is -1.38. The molecule has 132 valence electrons. The zero-order valence-electron chi connectivity index (χ0n) is 14.0. The van der Waals surface area contributed by atoms with Gasteiger partial charge in [-0.15, -0.1) is 0 Å². The second-order valence-electron chi connectivity index (χ2n) is 5.98. The van der Waals surface area contributed by atoms with E-state index in [9.17, 15) is 14.1 Å². The van der Waals surface area contributed by atoms with Gasteiger partial charge >= 0.3 is 0 Å². The van der Waals surface area contributed by atoms with Crippen molar-refractivity contribution >= 4 is 39.7 Å². The number of rotatable bonds is 4.